The molecule has 0 aliphatic carbocycles. The number of nitrogens with two attached hydrogens (primary N) is 1. The van der Waals surface area contributed by atoms with Gasteiger partial charge in [0.2, 0.25) is 11.8 Å². The summed E-state index contributed by atoms with van der Waals surface area (Å²) in [6.07, 6.45) is 3.63. The first-order valence-electron chi connectivity index (χ1n) is 15.8. The van der Waals surface area contributed by atoms with E-state index in [1.807, 2.05) is 94.5 Å². The molecule has 4 aromatic rings. The van der Waals surface area contributed by atoms with E-state index in [0.29, 0.717) is 18.8 Å². The summed E-state index contributed by atoms with van der Waals surface area (Å²) in [6.45, 7) is 4.33. The van der Waals surface area contributed by atoms with Gasteiger partial charge in [0.25, 0.3) is 5.91 Å². The SMILES string of the molecule is COOCC1CCCN1C(=O)C(c1ccccc1)n1ccc2cc(NC(=O)[C@@H](COCc3ccccc3)NC(=O)C(C)(C)N)ccc21. The predicted octanol–water partition coefficient (Wildman–Crippen LogP) is 4.18. The van der Waals surface area contributed by atoms with Gasteiger partial charge in [0.05, 0.1) is 31.9 Å². The first kappa shape index (κ1) is 33.8. The van der Waals surface area contributed by atoms with Gasteiger partial charge in [0.15, 0.2) is 0 Å². The fraction of sp³-hybridized carbons (Fsp3) is 0.361. The van der Waals surface area contributed by atoms with Crippen molar-refractivity contribution >= 4 is 34.3 Å². The van der Waals surface area contributed by atoms with E-state index in [-0.39, 0.29) is 25.2 Å². The molecule has 2 heterocycles. The molecule has 11 nitrogen and oxygen atoms in total. The fourth-order valence-electron chi connectivity index (χ4n) is 5.75. The summed E-state index contributed by atoms with van der Waals surface area (Å²) in [7, 11) is 1.47. The number of ether oxygens (including phenoxy) is 1. The van der Waals surface area contributed by atoms with Gasteiger partial charge >= 0.3 is 0 Å². The van der Waals surface area contributed by atoms with Crippen molar-refractivity contribution in [2.75, 3.05) is 32.2 Å². The van der Waals surface area contributed by atoms with E-state index < -0.39 is 29.4 Å². The molecule has 3 aromatic carbocycles. The number of hydrogen-bond donors (Lipinski definition) is 3. The van der Waals surface area contributed by atoms with Gasteiger partial charge in [0.1, 0.15) is 18.7 Å². The molecule has 3 amide bonds. The average Bonchev–Trinajstić information content (AvgIpc) is 3.71. The van der Waals surface area contributed by atoms with Crippen molar-refractivity contribution in [2.45, 2.75) is 57.0 Å². The number of nitrogens with zero attached hydrogens (tertiary/aromatic N) is 2. The van der Waals surface area contributed by atoms with E-state index >= 15 is 0 Å². The maximum Gasteiger partial charge on any atom is 0.250 e. The lowest BCUT2D eigenvalue weighted by Crippen LogP contribution is -2.56. The highest BCUT2D eigenvalue weighted by Crippen LogP contribution is 2.31. The average molecular weight is 642 g/mol. The molecule has 0 spiro atoms. The van der Waals surface area contributed by atoms with E-state index in [9.17, 15) is 14.4 Å². The number of nitrogens with one attached hydrogen (secondary N) is 2. The van der Waals surface area contributed by atoms with Gasteiger partial charge in [-0.15, -0.1) is 0 Å². The van der Waals surface area contributed by atoms with Gasteiger partial charge in [-0.2, -0.15) is 0 Å². The van der Waals surface area contributed by atoms with Crippen molar-refractivity contribution in [1.82, 2.24) is 14.8 Å². The number of rotatable bonds is 14. The number of amides is 3. The number of carbonyl (C=O) groups excluding carboxylic acids is 3. The molecular formula is C36H43N5O6. The standard InChI is InChI=1S/C36H43N5O6/c1-36(2,37)35(44)39-30(24-46-22-25-11-6-4-7-12-25)33(42)38-28-16-17-31-27(21-28)18-20-41(31)32(26-13-8-5-9-14-26)34(43)40-19-10-15-29(40)23-47-45-3/h4-9,11-14,16-18,20-21,29-30,32H,10,15,19,22-24,37H2,1-3H3,(H,38,42)(H,39,44)/t29?,30-,32?/m1/s1. The Morgan fingerprint density at radius 1 is 1.00 bits per heavy atom. The zero-order valence-electron chi connectivity index (χ0n) is 27.1. The summed E-state index contributed by atoms with van der Waals surface area (Å²) in [4.78, 5) is 52.3. The van der Waals surface area contributed by atoms with Crippen LogP contribution in [-0.4, -0.2) is 71.7 Å². The minimum atomic E-state index is -1.18. The van der Waals surface area contributed by atoms with Crippen LogP contribution in [0, 0.1) is 0 Å². The highest BCUT2D eigenvalue weighted by atomic mass is 17.2. The van der Waals surface area contributed by atoms with Crippen molar-refractivity contribution in [1.29, 1.82) is 0 Å². The highest BCUT2D eigenvalue weighted by Gasteiger charge is 2.35. The molecule has 4 N–H and O–H groups in total. The van der Waals surface area contributed by atoms with Crippen LogP contribution in [0.4, 0.5) is 5.69 Å². The van der Waals surface area contributed by atoms with Gasteiger partial charge < -0.3 is 30.6 Å². The van der Waals surface area contributed by atoms with Crippen LogP contribution in [-0.2, 0) is 35.5 Å². The fourth-order valence-corrected chi connectivity index (χ4v) is 5.75. The van der Waals surface area contributed by atoms with Crippen LogP contribution in [0.1, 0.15) is 43.9 Å². The van der Waals surface area contributed by atoms with Crippen molar-refractivity contribution in [3.8, 4) is 0 Å². The Balaban J connectivity index is 1.36. The Morgan fingerprint density at radius 2 is 1.72 bits per heavy atom. The van der Waals surface area contributed by atoms with Crippen molar-refractivity contribution in [3.05, 3.63) is 102 Å². The third kappa shape index (κ3) is 8.44. The molecule has 1 aromatic heterocycles. The van der Waals surface area contributed by atoms with Gasteiger partial charge in [0, 0.05) is 29.3 Å². The Bertz CT molecular complexity index is 1650. The van der Waals surface area contributed by atoms with Crippen molar-refractivity contribution in [3.63, 3.8) is 0 Å². The normalized spacial score (nSPS) is 16.2. The molecule has 1 saturated heterocycles. The number of aromatic nitrogens is 1. The molecule has 248 valence electrons. The Morgan fingerprint density at radius 3 is 2.43 bits per heavy atom. The first-order valence-corrected chi connectivity index (χ1v) is 15.8. The number of benzene rings is 3. The van der Waals surface area contributed by atoms with Crippen molar-refractivity contribution < 1.29 is 28.9 Å². The van der Waals surface area contributed by atoms with E-state index in [1.54, 1.807) is 19.9 Å². The number of likely N-dealkylation sites (tertiary alicyclic amines) is 1. The topological polar surface area (TPSA) is 137 Å². The lowest BCUT2D eigenvalue weighted by atomic mass is 10.0. The molecule has 1 fully saturated rings. The molecule has 2 unspecified atom stereocenters. The predicted molar refractivity (Wildman–Crippen MR) is 179 cm³/mol. The quantitative estimate of drug-likeness (QED) is 0.139. The Labute approximate surface area is 274 Å². The van der Waals surface area contributed by atoms with Crippen LogP contribution >= 0.6 is 0 Å². The molecule has 11 heteroatoms. The van der Waals surface area contributed by atoms with Crippen LogP contribution < -0.4 is 16.4 Å². The summed E-state index contributed by atoms with van der Waals surface area (Å²) < 4.78 is 7.79. The zero-order valence-corrected chi connectivity index (χ0v) is 27.1. The molecule has 0 radical (unpaired) electrons. The third-order valence-electron chi connectivity index (χ3n) is 8.26. The lowest BCUT2D eigenvalue weighted by Gasteiger charge is -2.30. The van der Waals surface area contributed by atoms with Gasteiger partial charge in [-0.3, -0.25) is 14.4 Å². The highest BCUT2D eigenvalue weighted by molar-refractivity contribution is 6.00. The molecule has 1 aliphatic heterocycles. The minimum absolute atomic E-state index is 0.0230. The number of anilines is 1. The maximum absolute atomic E-state index is 14.2. The smallest absolute Gasteiger partial charge is 0.250 e. The summed E-state index contributed by atoms with van der Waals surface area (Å²) >= 11 is 0. The molecule has 47 heavy (non-hydrogen) atoms. The largest absolute Gasteiger partial charge is 0.374 e. The first-order chi connectivity index (χ1) is 22.7. The van der Waals surface area contributed by atoms with Crippen LogP contribution in [0.15, 0.2) is 91.1 Å². The van der Waals surface area contributed by atoms with Crippen LogP contribution in [0.25, 0.3) is 10.9 Å². The Kier molecular flexibility index (Phi) is 11.0. The number of carbonyl (C=O) groups is 3. The van der Waals surface area contributed by atoms with Gasteiger partial charge in [-0.05, 0) is 62.1 Å². The maximum atomic E-state index is 14.2. The summed E-state index contributed by atoms with van der Waals surface area (Å²) in [5, 5.41) is 6.48. The molecule has 0 bridgehead atoms. The van der Waals surface area contributed by atoms with Gasteiger partial charge in [-0.25, -0.2) is 9.78 Å². The Hall–Kier alpha value is -4.55. The molecule has 0 saturated carbocycles. The number of hydrogen-bond acceptors (Lipinski definition) is 7. The van der Waals surface area contributed by atoms with Crippen LogP contribution in [0.5, 0.6) is 0 Å². The molecule has 3 atom stereocenters. The van der Waals surface area contributed by atoms with E-state index in [4.69, 9.17) is 20.2 Å². The molecular weight excluding hydrogens is 598 g/mol. The second-order valence-electron chi connectivity index (χ2n) is 12.3. The monoisotopic (exact) mass is 641 g/mol. The van der Waals surface area contributed by atoms with E-state index in [0.717, 1.165) is 34.9 Å². The minimum Gasteiger partial charge on any atom is -0.374 e. The second kappa shape index (κ2) is 15.4. The van der Waals surface area contributed by atoms with E-state index in [1.165, 1.54) is 7.11 Å². The second-order valence-corrected chi connectivity index (χ2v) is 12.3. The number of fused-ring (bicyclic) bond motifs is 1. The van der Waals surface area contributed by atoms with Crippen LogP contribution in [0.2, 0.25) is 0 Å². The summed E-state index contributed by atoms with van der Waals surface area (Å²) in [5.74, 6) is -0.936. The summed E-state index contributed by atoms with van der Waals surface area (Å²) in [5.41, 5.74) is 7.99. The molecule has 5 rings (SSSR count). The lowest BCUT2D eigenvalue weighted by molar-refractivity contribution is -0.278. The molecule has 1 aliphatic rings. The van der Waals surface area contributed by atoms with Crippen LogP contribution in [0.3, 0.4) is 0 Å². The zero-order chi connectivity index (χ0) is 33.4. The van der Waals surface area contributed by atoms with Crippen molar-refractivity contribution in [2.24, 2.45) is 5.73 Å². The van der Waals surface area contributed by atoms with Gasteiger partial charge in [-0.1, -0.05) is 60.7 Å². The third-order valence-corrected chi connectivity index (χ3v) is 8.26. The van der Waals surface area contributed by atoms with E-state index in [2.05, 4.69) is 10.6 Å². The summed E-state index contributed by atoms with van der Waals surface area (Å²) in [6, 6.07) is 25.0.